The van der Waals surface area contributed by atoms with Gasteiger partial charge in [0.15, 0.2) is 17.2 Å². The number of hydrogen-bond acceptors (Lipinski definition) is 4. The summed E-state index contributed by atoms with van der Waals surface area (Å²) in [7, 11) is 0. The van der Waals surface area contributed by atoms with Gasteiger partial charge in [0.05, 0.1) is 35.6 Å². The summed E-state index contributed by atoms with van der Waals surface area (Å²) in [6.07, 6.45) is 0. The molecule has 0 radical (unpaired) electrons. The minimum Gasteiger partial charge on any atom is -0.311 e. The predicted octanol–water partition coefficient (Wildman–Crippen LogP) is 19.9. The van der Waals surface area contributed by atoms with Crippen molar-refractivity contribution >= 4 is 67.3 Å². The average Bonchev–Trinajstić information content (AvgIpc) is 3.89. The number of fused-ring (bicyclic) bond motifs is 3. The van der Waals surface area contributed by atoms with Crippen LogP contribution in [0.15, 0.2) is 285 Å². The number of aromatic nitrogens is 3. The van der Waals surface area contributed by atoms with Crippen LogP contribution in [0, 0.1) is 13.1 Å². The van der Waals surface area contributed by atoms with E-state index in [0.717, 1.165) is 112 Å². The Bertz CT molecular complexity index is 4160. The van der Waals surface area contributed by atoms with Crippen LogP contribution in [0.5, 0.6) is 0 Å². The largest absolute Gasteiger partial charge is 0.311 e. The van der Waals surface area contributed by atoms with Crippen molar-refractivity contribution in [2.24, 2.45) is 0 Å². The lowest BCUT2D eigenvalue weighted by Gasteiger charge is -2.26. The van der Waals surface area contributed by atoms with Gasteiger partial charge in [-0.05, 0) is 125 Å². The van der Waals surface area contributed by atoms with Gasteiger partial charge < -0.3 is 14.4 Å². The molecule has 0 aliphatic rings. The van der Waals surface area contributed by atoms with Crippen LogP contribution in [-0.2, 0) is 0 Å². The Kier molecular flexibility index (Phi) is 12.6. The smallest absolute Gasteiger partial charge is 0.187 e. The quantitative estimate of drug-likeness (QED) is 0.114. The molecule has 0 fully saturated rings. The highest BCUT2D eigenvalue weighted by Crippen LogP contribution is 2.44. The van der Waals surface area contributed by atoms with Crippen LogP contribution in [0.2, 0.25) is 0 Å². The normalized spacial score (nSPS) is 11.0. The van der Waals surface area contributed by atoms with E-state index in [1.807, 2.05) is 97.1 Å². The zero-order valence-electron chi connectivity index (χ0n) is 42.8. The predicted molar refractivity (Wildman–Crippen MR) is 325 cm³/mol. The number of rotatable bonds is 12. The zero-order valence-corrected chi connectivity index (χ0v) is 42.8. The van der Waals surface area contributed by atoms with E-state index in [2.05, 4.69) is 212 Å². The fourth-order valence-corrected chi connectivity index (χ4v) is 10.5. The van der Waals surface area contributed by atoms with Crippen LogP contribution in [-0.4, -0.2) is 14.5 Å². The first-order chi connectivity index (χ1) is 39.0. The third-order valence-electron chi connectivity index (χ3n) is 14.4. The molecule has 7 nitrogen and oxygen atoms in total. The van der Waals surface area contributed by atoms with Crippen molar-refractivity contribution in [1.29, 1.82) is 0 Å². The molecule has 79 heavy (non-hydrogen) atoms. The van der Waals surface area contributed by atoms with Gasteiger partial charge in [-0.1, -0.05) is 182 Å². The Morgan fingerprint density at radius 3 is 1.03 bits per heavy atom. The van der Waals surface area contributed by atoms with Gasteiger partial charge in [-0.2, -0.15) is 0 Å². The van der Waals surface area contributed by atoms with E-state index < -0.39 is 0 Å². The highest BCUT2D eigenvalue weighted by molar-refractivity contribution is 6.12. The summed E-state index contributed by atoms with van der Waals surface area (Å²) in [5.41, 5.74) is 19.6. The van der Waals surface area contributed by atoms with Crippen LogP contribution < -0.4 is 9.80 Å². The van der Waals surface area contributed by atoms with Crippen molar-refractivity contribution in [3.8, 4) is 61.8 Å². The van der Waals surface area contributed by atoms with E-state index >= 15 is 0 Å². The number of anilines is 6. The number of benzene rings is 11. The first-order valence-electron chi connectivity index (χ1n) is 26.1. The topological polar surface area (TPSA) is 45.9 Å². The molecule has 0 aliphatic heterocycles. The van der Waals surface area contributed by atoms with Crippen LogP contribution in [0.1, 0.15) is 0 Å². The molecular weight excluding hydrogens is 963 g/mol. The van der Waals surface area contributed by atoms with Crippen molar-refractivity contribution in [3.63, 3.8) is 0 Å². The van der Waals surface area contributed by atoms with E-state index in [9.17, 15) is 0 Å². The Balaban J connectivity index is 0.856. The zero-order chi connectivity index (χ0) is 53.1. The molecule has 0 saturated carbocycles. The highest BCUT2D eigenvalue weighted by atomic mass is 15.2. The van der Waals surface area contributed by atoms with Gasteiger partial charge in [-0.25, -0.2) is 19.7 Å². The van der Waals surface area contributed by atoms with Gasteiger partial charge in [-0.15, -0.1) is 0 Å². The molecule has 0 amide bonds. The molecule has 2 aromatic heterocycles. The summed E-state index contributed by atoms with van der Waals surface area (Å²) in [6.45, 7) is 15.2. The molecule has 0 atom stereocenters. The van der Waals surface area contributed by atoms with Gasteiger partial charge in [0.25, 0.3) is 0 Å². The molecule has 13 rings (SSSR count). The molecule has 370 valence electrons. The first kappa shape index (κ1) is 47.6. The second-order valence-electron chi connectivity index (χ2n) is 19.2. The van der Waals surface area contributed by atoms with Crippen molar-refractivity contribution < 1.29 is 0 Å². The molecule has 13 aromatic rings. The minimum absolute atomic E-state index is 0.593. The molecule has 0 N–H and O–H groups in total. The third-order valence-corrected chi connectivity index (χ3v) is 14.4. The monoisotopic (exact) mass is 1010 g/mol. The summed E-state index contributed by atoms with van der Waals surface area (Å²) < 4.78 is 2.36. The second-order valence-corrected chi connectivity index (χ2v) is 19.2. The summed E-state index contributed by atoms with van der Waals surface area (Å²) >= 11 is 0. The lowest BCUT2D eigenvalue weighted by atomic mass is 9.98. The molecule has 2 heterocycles. The summed E-state index contributed by atoms with van der Waals surface area (Å²) in [5.74, 6) is 0.698. The molecule has 0 saturated heterocycles. The van der Waals surface area contributed by atoms with E-state index in [1.165, 1.54) is 0 Å². The summed E-state index contributed by atoms with van der Waals surface area (Å²) in [4.78, 5) is 21.8. The van der Waals surface area contributed by atoms with Gasteiger partial charge in [0.2, 0.25) is 0 Å². The Hall–Kier alpha value is -11.1. The van der Waals surface area contributed by atoms with Crippen LogP contribution in [0.25, 0.3) is 93.3 Å². The standard InChI is InChI=1S/C72H47N7/c1-73-57-33-39-61(40-34-57)77(59-19-11-5-12-20-59)64-43-45-70-66(47-64)67-48-65(78(60-21-13-6-14-22-60)62-41-35-58(74-2)36-42-62)44-46-71(67)79(70)63-37-31-53(32-38-63)51-25-23-50(24-26-51)52-27-29-55(30-28-52)69-49-68(54-15-7-3-8-16-54)75-72(76-69)56-17-9-4-10-18-56/h3-49H. The second kappa shape index (κ2) is 20.9. The third kappa shape index (κ3) is 9.42. The van der Waals surface area contributed by atoms with Gasteiger partial charge in [0.1, 0.15) is 0 Å². The maximum absolute atomic E-state index is 7.62. The number of nitrogens with zero attached hydrogens (tertiary/aromatic N) is 7. The van der Waals surface area contributed by atoms with E-state index in [0.29, 0.717) is 17.2 Å². The summed E-state index contributed by atoms with van der Waals surface area (Å²) in [6, 6.07) is 98.4. The van der Waals surface area contributed by atoms with Crippen LogP contribution in [0.4, 0.5) is 45.5 Å². The molecule has 0 unspecified atom stereocenters. The maximum atomic E-state index is 7.62. The molecule has 0 bridgehead atoms. The van der Waals surface area contributed by atoms with Crippen molar-refractivity contribution in [2.45, 2.75) is 0 Å². The Morgan fingerprint density at radius 1 is 0.291 bits per heavy atom. The van der Waals surface area contributed by atoms with E-state index in [-0.39, 0.29) is 0 Å². The number of hydrogen-bond donors (Lipinski definition) is 0. The lowest BCUT2D eigenvalue weighted by Crippen LogP contribution is -2.09. The maximum Gasteiger partial charge on any atom is 0.187 e. The Labute approximate surface area is 459 Å². The van der Waals surface area contributed by atoms with Crippen molar-refractivity contribution in [3.05, 3.63) is 308 Å². The Morgan fingerprint density at radius 2 is 0.620 bits per heavy atom. The van der Waals surface area contributed by atoms with Gasteiger partial charge in [0, 0.05) is 67.3 Å². The average molecular weight is 1010 g/mol. The molecular formula is C72H47N7. The van der Waals surface area contributed by atoms with E-state index in [4.69, 9.17) is 23.1 Å². The minimum atomic E-state index is 0.593. The lowest BCUT2D eigenvalue weighted by molar-refractivity contribution is 1.18. The van der Waals surface area contributed by atoms with E-state index in [1.54, 1.807) is 0 Å². The highest BCUT2D eigenvalue weighted by Gasteiger charge is 2.21. The van der Waals surface area contributed by atoms with Crippen LogP contribution in [0.3, 0.4) is 0 Å². The van der Waals surface area contributed by atoms with Crippen LogP contribution >= 0.6 is 0 Å². The number of para-hydroxylation sites is 2. The summed E-state index contributed by atoms with van der Waals surface area (Å²) in [5, 5.41) is 2.17. The molecule has 11 aromatic carbocycles. The van der Waals surface area contributed by atoms with Gasteiger partial charge in [-0.3, -0.25) is 0 Å². The van der Waals surface area contributed by atoms with Crippen molar-refractivity contribution in [2.75, 3.05) is 9.80 Å². The van der Waals surface area contributed by atoms with Gasteiger partial charge >= 0.3 is 0 Å². The molecule has 0 spiro atoms. The first-order valence-corrected chi connectivity index (χ1v) is 26.1. The fraction of sp³-hybridized carbons (Fsp3) is 0. The SMILES string of the molecule is [C-]#[N+]c1ccc(N(c2ccccc2)c2ccc3c(c2)c2cc(N(c4ccccc4)c4ccc([N+]#[C-])cc4)ccc2n3-c2ccc(-c3ccc(-c4ccc(-c5cc(-c6ccccc6)nc(-c6ccccc6)n5)cc4)cc3)cc2)cc1. The van der Waals surface area contributed by atoms with Crippen molar-refractivity contribution in [1.82, 2.24) is 14.5 Å². The fourth-order valence-electron chi connectivity index (χ4n) is 10.5. The molecule has 7 heteroatoms. The molecule has 0 aliphatic carbocycles.